The maximum atomic E-state index is 9.78. The second-order valence-corrected chi connectivity index (χ2v) is 10.1. The first-order chi connectivity index (χ1) is 17.9. The molecule has 5 nitrogen and oxygen atoms in total. The fraction of sp³-hybridized carbons (Fsp3) is 0.125. The molecule has 4 aromatic carbocycles. The van der Waals surface area contributed by atoms with Crippen molar-refractivity contribution in [1.29, 1.82) is 5.26 Å². The maximum Gasteiger partial charge on any atom is 0.165 e. The molecule has 0 unspecified atom stereocenters. The number of hydrogen-bond donors (Lipinski definition) is 0. The maximum absolute atomic E-state index is 9.78. The number of para-hydroxylation sites is 2. The van der Waals surface area contributed by atoms with Gasteiger partial charge in [0.15, 0.2) is 11.6 Å². The van der Waals surface area contributed by atoms with Gasteiger partial charge in [0, 0.05) is 27.3 Å². The van der Waals surface area contributed by atoms with Gasteiger partial charge in [0.1, 0.15) is 5.82 Å². The highest BCUT2D eigenvalue weighted by Gasteiger charge is 2.23. The summed E-state index contributed by atoms with van der Waals surface area (Å²) in [6.45, 7) is 6.29. The zero-order valence-electron chi connectivity index (χ0n) is 21.0. The fourth-order valence-electron chi connectivity index (χ4n) is 4.71. The van der Waals surface area contributed by atoms with E-state index in [9.17, 15) is 5.26 Å². The summed E-state index contributed by atoms with van der Waals surface area (Å²) in [5.41, 5.74) is 5.06. The van der Waals surface area contributed by atoms with Crippen LogP contribution in [-0.4, -0.2) is 19.5 Å². The quantitative estimate of drug-likeness (QED) is 0.264. The molecule has 0 aliphatic heterocycles. The van der Waals surface area contributed by atoms with Crippen LogP contribution in [0.1, 0.15) is 32.2 Å². The molecule has 5 heteroatoms. The Kier molecular flexibility index (Phi) is 5.31. The lowest BCUT2D eigenvalue weighted by molar-refractivity contribution is 0.543. The summed E-state index contributed by atoms with van der Waals surface area (Å²) in [5, 5.41) is 12.1. The van der Waals surface area contributed by atoms with Crippen molar-refractivity contribution >= 4 is 21.8 Å². The van der Waals surface area contributed by atoms with Crippen LogP contribution in [0.15, 0.2) is 97.1 Å². The molecule has 2 heterocycles. The second-order valence-electron chi connectivity index (χ2n) is 10.1. The van der Waals surface area contributed by atoms with Crippen molar-refractivity contribution in [2.75, 3.05) is 0 Å². The topological polar surface area (TPSA) is 67.4 Å². The largest absolute Gasteiger partial charge is 0.309 e. The summed E-state index contributed by atoms with van der Waals surface area (Å²) in [6, 6.07) is 34.7. The molecule has 0 spiro atoms. The molecule has 0 saturated carbocycles. The van der Waals surface area contributed by atoms with Crippen molar-refractivity contribution in [1.82, 2.24) is 19.5 Å². The summed E-state index contributed by atoms with van der Waals surface area (Å²) in [6.07, 6.45) is 0. The van der Waals surface area contributed by atoms with E-state index in [1.54, 1.807) is 0 Å². The van der Waals surface area contributed by atoms with Crippen molar-refractivity contribution in [3.8, 4) is 34.5 Å². The van der Waals surface area contributed by atoms with E-state index >= 15 is 0 Å². The van der Waals surface area contributed by atoms with E-state index in [2.05, 4.69) is 79.9 Å². The molecule has 0 N–H and O–H groups in total. The van der Waals surface area contributed by atoms with Crippen molar-refractivity contribution in [3.05, 3.63) is 108 Å². The minimum absolute atomic E-state index is 0.291. The first-order valence-electron chi connectivity index (χ1n) is 12.3. The normalized spacial score (nSPS) is 11.6. The van der Waals surface area contributed by atoms with Crippen LogP contribution in [0.4, 0.5) is 0 Å². The lowest BCUT2D eigenvalue weighted by Crippen LogP contribution is -2.18. The minimum Gasteiger partial charge on any atom is -0.309 e. The smallest absolute Gasteiger partial charge is 0.165 e. The molecule has 0 fully saturated rings. The van der Waals surface area contributed by atoms with Crippen LogP contribution < -0.4 is 0 Å². The highest BCUT2D eigenvalue weighted by atomic mass is 15.1. The van der Waals surface area contributed by atoms with Crippen LogP contribution in [-0.2, 0) is 5.41 Å². The van der Waals surface area contributed by atoms with Gasteiger partial charge in [-0.3, -0.25) is 0 Å². The Morgan fingerprint density at radius 2 is 1.27 bits per heavy atom. The summed E-state index contributed by atoms with van der Waals surface area (Å²) in [5.74, 6) is 1.87. The van der Waals surface area contributed by atoms with E-state index in [1.807, 2.05) is 48.5 Å². The average Bonchev–Trinajstić information content (AvgIpc) is 3.27. The summed E-state index contributed by atoms with van der Waals surface area (Å²) < 4.78 is 2.24. The zero-order chi connectivity index (χ0) is 25.6. The van der Waals surface area contributed by atoms with E-state index in [0.29, 0.717) is 23.0 Å². The van der Waals surface area contributed by atoms with Gasteiger partial charge >= 0.3 is 0 Å². The van der Waals surface area contributed by atoms with Crippen molar-refractivity contribution < 1.29 is 0 Å². The number of fused-ring (bicyclic) bond motifs is 3. The SMILES string of the molecule is CC(C)(C)c1nc(-c2ccccc2)nc(-c2cc(C#N)ccc2-n2c3ccccc3c3ccccc32)n1. The molecule has 0 radical (unpaired) electrons. The van der Waals surface area contributed by atoms with Crippen molar-refractivity contribution in [2.24, 2.45) is 0 Å². The zero-order valence-corrected chi connectivity index (χ0v) is 21.0. The third-order valence-electron chi connectivity index (χ3n) is 6.53. The Labute approximate surface area is 215 Å². The van der Waals surface area contributed by atoms with Gasteiger partial charge in [0.25, 0.3) is 0 Å². The van der Waals surface area contributed by atoms with E-state index < -0.39 is 0 Å². The van der Waals surface area contributed by atoms with Gasteiger partial charge in [-0.15, -0.1) is 0 Å². The van der Waals surface area contributed by atoms with Gasteiger partial charge in [-0.1, -0.05) is 87.5 Å². The standard InChI is InChI=1S/C32H25N5/c1-32(2,3)31-35-29(22-11-5-4-6-12-22)34-30(36-31)25-19-21(20-33)17-18-28(25)37-26-15-9-7-13-23(26)24-14-8-10-16-27(24)37/h4-19H,1-3H3. The third kappa shape index (κ3) is 3.93. The van der Waals surface area contributed by atoms with Gasteiger partial charge in [-0.2, -0.15) is 5.26 Å². The monoisotopic (exact) mass is 479 g/mol. The lowest BCUT2D eigenvalue weighted by atomic mass is 9.95. The molecule has 0 atom stereocenters. The third-order valence-corrected chi connectivity index (χ3v) is 6.53. The molecule has 0 aliphatic rings. The molecule has 6 rings (SSSR count). The molecular formula is C32H25N5. The number of nitriles is 1. The van der Waals surface area contributed by atoms with Crippen LogP contribution in [0, 0.1) is 11.3 Å². The number of rotatable bonds is 3. The Morgan fingerprint density at radius 3 is 1.89 bits per heavy atom. The molecular weight excluding hydrogens is 454 g/mol. The van der Waals surface area contributed by atoms with Crippen molar-refractivity contribution in [2.45, 2.75) is 26.2 Å². The van der Waals surface area contributed by atoms with Crippen LogP contribution in [0.5, 0.6) is 0 Å². The Balaban J connectivity index is 1.70. The minimum atomic E-state index is -0.291. The van der Waals surface area contributed by atoms with Crippen LogP contribution in [0.25, 0.3) is 50.3 Å². The Bertz CT molecular complexity index is 1770. The first-order valence-corrected chi connectivity index (χ1v) is 12.3. The van der Waals surface area contributed by atoms with Gasteiger partial charge in [0.2, 0.25) is 0 Å². The molecule has 2 aromatic heterocycles. The van der Waals surface area contributed by atoms with Crippen LogP contribution >= 0.6 is 0 Å². The molecule has 0 saturated heterocycles. The number of hydrogen-bond acceptors (Lipinski definition) is 4. The molecule has 0 aliphatic carbocycles. The predicted octanol–water partition coefficient (Wildman–Crippen LogP) is 7.47. The van der Waals surface area contributed by atoms with Gasteiger partial charge in [-0.25, -0.2) is 15.0 Å². The Hall–Kier alpha value is -4.82. The van der Waals surface area contributed by atoms with Gasteiger partial charge in [-0.05, 0) is 30.3 Å². The fourth-order valence-corrected chi connectivity index (χ4v) is 4.71. The van der Waals surface area contributed by atoms with E-state index in [4.69, 9.17) is 15.0 Å². The Morgan fingerprint density at radius 1 is 0.676 bits per heavy atom. The first kappa shape index (κ1) is 22.6. The second kappa shape index (κ2) is 8.69. The van der Waals surface area contributed by atoms with E-state index in [0.717, 1.165) is 27.8 Å². The van der Waals surface area contributed by atoms with Crippen LogP contribution in [0.3, 0.4) is 0 Å². The van der Waals surface area contributed by atoms with Crippen molar-refractivity contribution in [3.63, 3.8) is 0 Å². The molecule has 6 aromatic rings. The highest BCUT2D eigenvalue weighted by molar-refractivity contribution is 6.09. The summed E-state index contributed by atoms with van der Waals surface area (Å²) in [4.78, 5) is 14.8. The molecule has 0 bridgehead atoms. The molecule has 178 valence electrons. The average molecular weight is 480 g/mol. The van der Waals surface area contributed by atoms with Gasteiger partial charge in [0.05, 0.1) is 28.4 Å². The molecule has 0 amide bonds. The van der Waals surface area contributed by atoms with Crippen LogP contribution in [0.2, 0.25) is 0 Å². The predicted molar refractivity (Wildman–Crippen MR) is 148 cm³/mol. The summed E-state index contributed by atoms with van der Waals surface area (Å²) in [7, 11) is 0. The molecule has 37 heavy (non-hydrogen) atoms. The summed E-state index contributed by atoms with van der Waals surface area (Å²) >= 11 is 0. The number of aromatic nitrogens is 4. The number of benzene rings is 4. The number of nitrogens with zero attached hydrogens (tertiary/aromatic N) is 5. The van der Waals surface area contributed by atoms with Gasteiger partial charge < -0.3 is 4.57 Å². The van der Waals surface area contributed by atoms with E-state index in [-0.39, 0.29) is 5.41 Å². The lowest BCUT2D eigenvalue weighted by Gasteiger charge is -2.19. The highest BCUT2D eigenvalue weighted by Crippen LogP contribution is 2.36. The van der Waals surface area contributed by atoms with E-state index in [1.165, 1.54) is 10.8 Å².